The SMILES string of the molecule is Cc1c(N)cccc1S(=O)CCCOCC(F)(F)F. The van der Waals surface area contributed by atoms with E-state index in [1.807, 2.05) is 0 Å². The predicted octanol–water partition coefficient (Wildman–Crippen LogP) is 2.65. The van der Waals surface area contributed by atoms with Gasteiger partial charge in [-0.3, -0.25) is 4.21 Å². The van der Waals surface area contributed by atoms with E-state index in [2.05, 4.69) is 4.74 Å². The Morgan fingerprint density at radius 2 is 2.05 bits per heavy atom. The Morgan fingerprint density at radius 1 is 1.37 bits per heavy atom. The minimum Gasteiger partial charge on any atom is -0.398 e. The molecule has 1 rings (SSSR count). The van der Waals surface area contributed by atoms with Crippen molar-refractivity contribution in [2.24, 2.45) is 0 Å². The molecule has 1 aromatic carbocycles. The molecule has 0 amide bonds. The normalized spacial score (nSPS) is 13.5. The van der Waals surface area contributed by atoms with E-state index in [0.717, 1.165) is 5.56 Å². The minimum absolute atomic E-state index is 0.0629. The second-order valence-corrected chi connectivity index (χ2v) is 5.58. The minimum atomic E-state index is -4.32. The molecule has 0 aliphatic rings. The molecule has 1 atom stereocenters. The number of nitrogen functional groups attached to an aromatic ring is 1. The van der Waals surface area contributed by atoms with Crippen LogP contribution in [0, 0.1) is 6.92 Å². The average molecular weight is 295 g/mol. The third kappa shape index (κ3) is 5.61. The highest BCUT2D eigenvalue weighted by Crippen LogP contribution is 2.19. The van der Waals surface area contributed by atoms with Gasteiger partial charge in [0.1, 0.15) is 6.61 Å². The van der Waals surface area contributed by atoms with Crippen molar-refractivity contribution >= 4 is 16.5 Å². The highest BCUT2D eigenvalue weighted by Gasteiger charge is 2.27. The van der Waals surface area contributed by atoms with E-state index in [9.17, 15) is 17.4 Å². The summed E-state index contributed by atoms with van der Waals surface area (Å²) in [6, 6.07) is 5.12. The van der Waals surface area contributed by atoms with Crippen molar-refractivity contribution in [3.63, 3.8) is 0 Å². The maximum absolute atomic E-state index is 12.0. The van der Waals surface area contributed by atoms with Crippen LogP contribution in [0.4, 0.5) is 18.9 Å². The zero-order chi connectivity index (χ0) is 14.5. The quantitative estimate of drug-likeness (QED) is 0.648. The molecule has 0 heterocycles. The van der Waals surface area contributed by atoms with E-state index in [-0.39, 0.29) is 12.4 Å². The summed E-state index contributed by atoms with van der Waals surface area (Å²) < 4.78 is 51.8. The first-order chi connectivity index (χ1) is 8.81. The van der Waals surface area contributed by atoms with Crippen LogP contribution in [0.1, 0.15) is 12.0 Å². The Balaban J connectivity index is 2.38. The number of rotatable bonds is 6. The lowest BCUT2D eigenvalue weighted by Crippen LogP contribution is -2.18. The van der Waals surface area contributed by atoms with Crippen molar-refractivity contribution in [3.05, 3.63) is 23.8 Å². The second kappa shape index (κ2) is 6.91. The number of hydrogen-bond donors (Lipinski definition) is 1. The molecule has 0 saturated carbocycles. The van der Waals surface area contributed by atoms with Gasteiger partial charge in [-0.15, -0.1) is 0 Å². The van der Waals surface area contributed by atoms with Crippen LogP contribution in [0.3, 0.4) is 0 Å². The van der Waals surface area contributed by atoms with E-state index >= 15 is 0 Å². The van der Waals surface area contributed by atoms with Gasteiger partial charge in [-0.25, -0.2) is 0 Å². The van der Waals surface area contributed by atoms with E-state index in [0.29, 0.717) is 17.0 Å². The highest BCUT2D eigenvalue weighted by atomic mass is 32.2. The van der Waals surface area contributed by atoms with Gasteiger partial charge in [0.2, 0.25) is 0 Å². The number of alkyl halides is 3. The van der Waals surface area contributed by atoms with Crippen LogP contribution in [0.15, 0.2) is 23.1 Å². The van der Waals surface area contributed by atoms with Gasteiger partial charge in [0.15, 0.2) is 0 Å². The molecule has 0 aliphatic carbocycles. The van der Waals surface area contributed by atoms with Gasteiger partial charge < -0.3 is 10.5 Å². The number of ether oxygens (including phenoxy) is 1. The fourth-order valence-electron chi connectivity index (χ4n) is 1.47. The summed E-state index contributed by atoms with van der Waals surface area (Å²) in [6.07, 6.45) is -4.01. The molecule has 0 fully saturated rings. The first kappa shape index (κ1) is 16.0. The van der Waals surface area contributed by atoms with E-state index in [1.54, 1.807) is 25.1 Å². The van der Waals surface area contributed by atoms with Crippen LogP contribution in [-0.2, 0) is 15.5 Å². The first-order valence-electron chi connectivity index (χ1n) is 5.69. The van der Waals surface area contributed by atoms with E-state index in [4.69, 9.17) is 5.73 Å². The standard InChI is InChI=1S/C12H16F3NO2S/c1-9-10(16)4-2-5-11(9)19(17)7-3-6-18-8-12(13,14)15/h2,4-5H,3,6-8,16H2,1H3. The molecular formula is C12H16F3NO2S. The zero-order valence-electron chi connectivity index (χ0n) is 10.5. The number of anilines is 1. The molecule has 0 bridgehead atoms. The lowest BCUT2D eigenvalue weighted by atomic mass is 10.2. The van der Waals surface area contributed by atoms with Crippen molar-refractivity contribution in [1.82, 2.24) is 0 Å². The highest BCUT2D eigenvalue weighted by molar-refractivity contribution is 7.85. The molecule has 0 saturated heterocycles. The van der Waals surface area contributed by atoms with Gasteiger partial charge in [-0.1, -0.05) is 6.07 Å². The summed E-state index contributed by atoms with van der Waals surface area (Å²) in [6.45, 7) is 0.437. The number of hydrogen-bond acceptors (Lipinski definition) is 3. The summed E-state index contributed by atoms with van der Waals surface area (Å²) in [5.41, 5.74) is 7.00. The topological polar surface area (TPSA) is 52.3 Å². The summed E-state index contributed by atoms with van der Waals surface area (Å²) >= 11 is 0. The van der Waals surface area contributed by atoms with Gasteiger partial charge in [0.05, 0.1) is 10.8 Å². The Hall–Kier alpha value is -1.08. The van der Waals surface area contributed by atoms with Crippen molar-refractivity contribution in [2.45, 2.75) is 24.4 Å². The summed E-state index contributed by atoms with van der Waals surface area (Å²) in [5.74, 6) is 0.252. The van der Waals surface area contributed by atoms with Crippen LogP contribution < -0.4 is 5.73 Å². The summed E-state index contributed by atoms with van der Waals surface area (Å²) in [5, 5.41) is 0. The maximum atomic E-state index is 12.0. The molecule has 0 aromatic heterocycles. The van der Waals surface area contributed by atoms with E-state index < -0.39 is 23.6 Å². The number of benzene rings is 1. The van der Waals surface area contributed by atoms with Gasteiger partial charge in [0.25, 0.3) is 0 Å². The molecular weight excluding hydrogens is 279 g/mol. The predicted molar refractivity (Wildman–Crippen MR) is 68.4 cm³/mol. The Bertz CT molecular complexity index is 449. The Labute approximate surface area is 112 Å². The Morgan fingerprint density at radius 3 is 2.68 bits per heavy atom. The van der Waals surface area contributed by atoms with Crippen LogP contribution in [0.25, 0.3) is 0 Å². The Kier molecular flexibility index (Phi) is 5.81. The lowest BCUT2D eigenvalue weighted by Gasteiger charge is -2.09. The van der Waals surface area contributed by atoms with Crippen LogP contribution in [-0.4, -0.2) is 29.4 Å². The molecule has 7 heteroatoms. The van der Waals surface area contributed by atoms with Crippen LogP contribution >= 0.6 is 0 Å². The molecule has 108 valence electrons. The van der Waals surface area contributed by atoms with Gasteiger partial charge >= 0.3 is 6.18 Å². The third-order valence-electron chi connectivity index (χ3n) is 2.46. The first-order valence-corrected chi connectivity index (χ1v) is 7.01. The van der Waals surface area contributed by atoms with Gasteiger partial charge in [0, 0.05) is 22.9 Å². The zero-order valence-corrected chi connectivity index (χ0v) is 11.3. The maximum Gasteiger partial charge on any atom is 0.411 e. The van der Waals surface area contributed by atoms with Crippen molar-refractivity contribution in [2.75, 3.05) is 24.7 Å². The lowest BCUT2D eigenvalue weighted by molar-refractivity contribution is -0.173. The monoisotopic (exact) mass is 295 g/mol. The van der Waals surface area contributed by atoms with Crippen LogP contribution in [0.2, 0.25) is 0 Å². The average Bonchev–Trinajstić information content (AvgIpc) is 2.30. The van der Waals surface area contributed by atoms with Crippen molar-refractivity contribution in [1.29, 1.82) is 0 Å². The molecule has 19 heavy (non-hydrogen) atoms. The number of halogens is 3. The molecule has 0 spiro atoms. The summed E-state index contributed by atoms with van der Waals surface area (Å²) in [4.78, 5) is 0.621. The number of nitrogens with two attached hydrogens (primary N) is 1. The second-order valence-electron chi connectivity index (χ2n) is 4.04. The van der Waals surface area contributed by atoms with Crippen molar-refractivity contribution in [3.8, 4) is 0 Å². The van der Waals surface area contributed by atoms with E-state index in [1.165, 1.54) is 0 Å². The van der Waals surface area contributed by atoms with Crippen molar-refractivity contribution < 1.29 is 22.1 Å². The summed E-state index contributed by atoms with van der Waals surface area (Å²) in [7, 11) is -1.27. The largest absolute Gasteiger partial charge is 0.411 e. The van der Waals surface area contributed by atoms with Gasteiger partial charge in [-0.2, -0.15) is 13.2 Å². The van der Waals surface area contributed by atoms with Crippen LogP contribution in [0.5, 0.6) is 0 Å². The molecule has 2 N–H and O–H groups in total. The molecule has 0 radical (unpaired) electrons. The fourth-order valence-corrected chi connectivity index (χ4v) is 2.76. The molecule has 1 unspecified atom stereocenters. The van der Waals surface area contributed by atoms with Gasteiger partial charge in [-0.05, 0) is 31.0 Å². The molecule has 0 aliphatic heterocycles. The molecule has 1 aromatic rings. The fraction of sp³-hybridized carbons (Fsp3) is 0.500. The molecule has 3 nitrogen and oxygen atoms in total. The smallest absolute Gasteiger partial charge is 0.398 e. The third-order valence-corrected chi connectivity index (χ3v) is 4.05.